The van der Waals surface area contributed by atoms with E-state index in [0.717, 1.165) is 35.3 Å². The van der Waals surface area contributed by atoms with E-state index in [1.165, 1.54) is 17.7 Å². The largest absolute Gasteiger partial charge is 0.342 e. The van der Waals surface area contributed by atoms with Gasteiger partial charge in [-0.2, -0.15) is 0 Å². The van der Waals surface area contributed by atoms with E-state index in [0.29, 0.717) is 10.7 Å². The smallest absolute Gasteiger partial charge is 0.261 e. The van der Waals surface area contributed by atoms with Gasteiger partial charge in [-0.15, -0.1) is 0 Å². The Kier molecular flexibility index (Phi) is 5.30. The van der Waals surface area contributed by atoms with Gasteiger partial charge in [-0.3, -0.25) is 4.72 Å². The number of hydrogen-bond donors (Lipinski definition) is 2. The number of aryl methyl sites for hydroxylation is 3. The highest BCUT2D eigenvalue weighted by Crippen LogP contribution is 2.20. The van der Waals surface area contributed by atoms with Crippen molar-refractivity contribution < 1.29 is 8.42 Å². The number of nitrogens with one attached hydrogen (secondary N) is 2. The maximum absolute atomic E-state index is 12.5. The Bertz CT molecular complexity index is 1260. The Hall–Kier alpha value is -2.83. The van der Waals surface area contributed by atoms with E-state index in [2.05, 4.69) is 33.7 Å². The number of rotatable bonds is 6. The van der Waals surface area contributed by atoms with Gasteiger partial charge in [0, 0.05) is 17.1 Å². The summed E-state index contributed by atoms with van der Waals surface area (Å²) in [5.74, 6) is 0.941. The molecule has 0 aliphatic rings. The molecule has 4 rings (SSSR count). The lowest BCUT2D eigenvalue weighted by molar-refractivity contribution is 0.601. The van der Waals surface area contributed by atoms with Crippen LogP contribution in [0.4, 0.5) is 5.69 Å². The number of aromatic nitrogens is 2. The van der Waals surface area contributed by atoms with Gasteiger partial charge < -0.3 is 4.98 Å². The standard InChI is InChI=1S/C22H20ClN3O2S/c1-15-5-11-20-21(13-15)25-22(24-20)12-8-16-6-9-18(10-7-16)26-29(27,28)19-4-2-3-17(23)14-19/h2-7,9-11,13-14,26H,8,12H2,1H3,(H,24,25). The maximum Gasteiger partial charge on any atom is 0.261 e. The lowest BCUT2D eigenvalue weighted by Crippen LogP contribution is -2.12. The van der Waals surface area contributed by atoms with Crippen LogP contribution >= 0.6 is 11.6 Å². The first kappa shape index (κ1) is 19.5. The van der Waals surface area contributed by atoms with Crippen LogP contribution in [0, 0.1) is 6.92 Å². The van der Waals surface area contributed by atoms with Gasteiger partial charge in [0.05, 0.1) is 15.9 Å². The lowest BCUT2D eigenvalue weighted by Gasteiger charge is -2.09. The zero-order valence-electron chi connectivity index (χ0n) is 15.8. The monoisotopic (exact) mass is 425 g/mol. The van der Waals surface area contributed by atoms with Gasteiger partial charge in [-0.25, -0.2) is 13.4 Å². The summed E-state index contributed by atoms with van der Waals surface area (Å²) < 4.78 is 27.5. The molecule has 0 atom stereocenters. The summed E-state index contributed by atoms with van der Waals surface area (Å²) in [6.45, 7) is 2.06. The normalized spacial score (nSPS) is 11.7. The summed E-state index contributed by atoms with van der Waals surface area (Å²) in [6.07, 6.45) is 1.58. The molecule has 0 aliphatic carbocycles. The molecular weight excluding hydrogens is 406 g/mol. The van der Waals surface area contributed by atoms with Gasteiger partial charge in [0.1, 0.15) is 5.82 Å². The number of imidazole rings is 1. The number of hydrogen-bond acceptors (Lipinski definition) is 3. The summed E-state index contributed by atoms with van der Waals surface area (Å²) >= 11 is 5.89. The second kappa shape index (κ2) is 7.89. The van der Waals surface area contributed by atoms with E-state index in [-0.39, 0.29) is 4.90 Å². The van der Waals surface area contributed by atoms with Crippen molar-refractivity contribution in [3.05, 3.63) is 88.7 Å². The molecule has 0 aliphatic heterocycles. The van der Waals surface area contributed by atoms with Crippen molar-refractivity contribution in [2.24, 2.45) is 0 Å². The topological polar surface area (TPSA) is 74.8 Å². The Labute approximate surface area is 174 Å². The van der Waals surface area contributed by atoms with Crippen molar-refractivity contribution in [1.29, 1.82) is 0 Å². The van der Waals surface area contributed by atoms with Crippen molar-refractivity contribution in [1.82, 2.24) is 9.97 Å². The second-order valence-electron chi connectivity index (χ2n) is 6.96. The summed E-state index contributed by atoms with van der Waals surface area (Å²) in [5, 5.41) is 0.379. The zero-order valence-corrected chi connectivity index (χ0v) is 17.4. The zero-order chi connectivity index (χ0) is 20.4. The van der Waals surface area contributed by atoms with Crippen molar-refractivity contribution in [3.8, 4) is 0 Å². The van der Waals surface area contributed by atoms with Crippen LogP contribution in [0.25, 0.3) is 11.0 Å². The summed E-state index contributed by atoms with van der Waals surface area (Å²) in [6, 6.07) is 19.7. The van der Waals surface area contributed by atoms with Gasteiger partial charge in [-0.1, -0.05) is 35.9 Å². The number of nitrogens with zero attached hydrogens (tertiary/aromatic N) is 1. The Balaban J connectivity index is 1.42. The summed E-state index contributed by atoms with van der Waals surface area (Å²) in [7, 11) is -3.67. The van der Waals surface area contributed by atoms with Crippen molar-refractivity contribution >= 4 is 38.3 Å². The van der Waals surface area contributed by atoms with Gasteiger partial charge in [0.25, 0.3) is 10.0 Å². The first-order valence-electron chi connectivity index (χ1n) is 9.22. The van der Waals surface area contributed by atoms with Crippen LogP contribution in [0.5, 0.6) is 0 Å². The van der Waals surface area contributed by atoms with Crippen LogP contribution in [0.3, 0.4) is 0 Å². The minimum Gasteiger partial charge on any atom is -0.342 e. The third kappa shape index (κ3) is 4.60. The number of H-pyrrole nitrogens is 1. The predicted octanol–water partition coefficient (Wildman–Crippen LogP) is 5.11. The van der Waals surface area contributed by atoms with Crippen molar-refractivity contribution in [3.63, 3.8) is 0 Å². The number of benzene rings is 3. The molecular formula is C22H20ClN3O2S. The van der Waals surface area contributed by atoms with Gasteiger partial charge in [0.15, 0.2) is 0 Å². The van der Waals surface area contributed by atoms with Gasteiger partial charge in [-0.05, 0) is 66.9 Å². The quantitative estimate of drug-likeness (QED) is 0.450. The van der Waals surface area contributed by atoms with Gasteiger partial charge in [0.2, 0.25) is 0 Å². The highest BCUT2D eigenvalue weighted by atomic mass is 35.5. The predicted molar refractivity (Wildman–Crippen MR) is 117 cm³/mol. The van der Waals surface area contributed by atoms with Crippen molar-refractivity contribution in [2.45, 2.75) is 24.7 Å². The molecule has 0 saturated carbocycles. The Morgan fingerprint density at radius 2 is 1.79 bits per heavy atom. The molecule has 0 unspecified atom stereocenters. The van der Waals surface area contributed by atoms with Crippen LogP contribution in [-0.2, 0) is 22.9 Å². The molecule has 5 nitrogen and oxygen atoms in total. The fourth-order valence-electron chi connectivity index (χ4n) is 3.15. The Morgan fingerprint density at radius 3 is 2.55 bits per heavy atom. The molecule has 1 heterocycles. The minimum atomic E-state index is -3.67. The molecule has 0 radical (unpaired) electrons. The Morgan fingerprint density at radius 1 is 1.00 bits per heavy atom. The molecule has 0 saturated heterocycles. The molecule has 0 bridgehead atoms. The molecule has 148 valence electrons. The van der Waals surface area contributed by atoms with E-state index in [9.17, 15) is 8.42 Å². The van der Waals surface area contributed by atoms with E-state index < -0.39 is 10.0 Å². The number of aromatic amines is 1. The molecule has 2 N–H and O–H groups in total. The first-order valence-corrected chi connectivity index (χ1v) is 11.1. The number of halogens is 1. The molecule has 7 heteroatoms. The number of sulfonamides is 1. The summed E-state index contributed by atoms with van der Waals surface area (Å²) in [5.41, 5.74) is 4.82. The molecule has 0 amide bonds. The van der Waals surface area contributed by atoms with E-state index in [4.69, 9.17) is 11.6 Å². The third-order valence-electron chi connectivity index (χ3n) is 4.65. The van der Waals surface area contributed by atoms with Crippen LogP contribution in [-0.4, -0.2) is 18.4 Å². The molecule has 1 aromatic heterocycles. The average Bonchev–Trinajstić information content (AvgIpc) is 3.09. The average molecular weight is 426 g/mol. The molecule has 29 heavy (non-hydrogen) atoms. The van der Waals surface area contributed by atoms with Crippen LogP contribution in [0.1, 0.15) is 17.0 Å². The molecule has 3 aromatic carbocycles. The fourth-order valence-corrected chi connectivity index (χ4v) is 4.50. The lowest BCUT2D eigenvalue weighted by atomic mass is 10.1. The highest BCUT2D eigenvalue weighted by molar-refractivity contribution is 7.92. The fraction of sp³-hybridized carbons (Fsp3) is 0.136. The minimum absolute atomic E-state index is 0.134. The second-order valence-corrected chi connectivity index (χ2v) is 9.08. The maximum atomic E-state index is 12.5. The highest BCUT2D eigenvalue weighted by Gasteiger charge is 2.14. The SMILES string of the molecule is Cc1ccc2nc(CCc3ccc(NS(=O)(=O)c4cccc(Cl)c4)cc3)[nH]c2c1. The van der Waals surface area contributed by atoms with Crippen molar-refractivity contribution in [2.75, 3.05) is 4.72 Å². The molecule has 0 fully saturated rings. The molecule has 0 spiro atoms. The first-order chi connectivity index (χ1) is 13.9. The third-order valence-corrected chi connectivity index (χ3v) is 6.26. The van der Waals surface area contributed by atoms with Gasteiger partial charge >= 0.3 is 0 Å². The van der Waals surface area contributed by atoms with E-state index >= 15 is 0 Å². The summed E-state index contributed by atoms with van der Waals surface area (Å²) in [4.78, 5) is 8.11. The number of fused-ring (bicyclic) bond motifs is 1. The molecule has 4 aromatic rings. The van der Waals surface area contributed by atoms with E-state index in [1.807, 2.05) is 18.2 Å². The van der Waals surface area contributed by atoms with Crippen LogP contribution in [0.15, 0.2) is 71.6 Å². The van der Waals surface area contributed by atoms with Crippen LogP contribution < -0.4 is 4.72 Å². The number of anilines is 1. The van der Waals surface area contributed by atoms with Crippen LogP contribution in [0.2, 0.25) is 5.02 Å². The van der Waals surface area contributed by atoms with E-state index in [1.54, 1.807) is 24.3 Å².